The van der Waals surface area contributed by atoms with E-state index in [4.69, 9.17) is 15.2 Å². The molecule has 6 heteroatoms. The predicted octanol–water partition coefficient (Wildman–Crippen LogP) is 0.985. The van der Waals surface area contributed by atoms with E-state index in [1.54, 1.807) is 19.3 Å². The van der Waals surface area contributed by atoms with Crippen LogP contribution in [0.3, 0.4) is 0 Å². The number of nitrogens with one attached hydrogen (secondary N) is 1. The van der Waals surface area contributed by atoms with Crippen LogP contribution < -0.4 is 15.8 Å². The highest BCUT2D eigenvalue weighted by Crippen LogP contribution is 2.23. The minimum atomic E-state index is -0.165. The summed E-state index contributed by atoms with van der Waals surface area (Å²) in [5.74, 6) is 0.491. The van der Waals surface area contributed by atoms with Crippen molar-refractivity contribution in [3.05, 3.63) is 29.8 Å². The molecule has 0 aliphatic rings. The number of methoxy groups -OCH3 is 1. The number of rotatable bonds is 9. The van der Waals surface area contributed by atoms with Gasteiger partial charge in [0.05, 0.1) is 12.3 Å². The van der Waals surface area contributed by atoms with E-state index in [0.29, 0.717) is 31.2 Å². The van der Waals surface area contributed by atoms with Crippen molar-refractivity contribution in [3.8, 4) is 5.75 Å². The van der Waals surface area contributed by atoms with Crippen LogP contribution in [0.2, 0.25) is 0 Å². The monoisotopic (exact) mass is 307 g/mol. The Morgan fingerprint density at radius 1 is 1.36 bits per heavy atom. The number of carbonyl (C=O) groups is 1. The lowest BCUT2D eigenvalue weighted by Crippen LogP contribution is -2.24. The van der Waals surface area contributed by atoms with Crippen molar-refractivity contribution >= 4 is 17.7 Å². The third kappa shape index (κ3) is 7.10. The topological polar surface area (TPSA) is 76.8 Å². The first-order chi connectivity index (χ1) is 10.5. The molecule has 0 saturated heterocycles. The van der Waals surface area contributed by atoms with E-state index in [1.165, 1.54) is 6.08 Å². The van der Waals surface area contributed by atoms with E-state index in [2.05, 4.69) is 5.32 Å². The van der Waals surface area contributed by atoms with Crippen LogP contribution in [0.1, 0.15) is 5.56 Å². The van der Waals surface area contributed by atoms with Gasteiger partial charge in [0.2, 0.25) is 5.91 Å². The Bertz CT molecular complexity index is 501. The summed E-state index contributed by atoms with van der Waals surface area (Å²) < 4.78 is 10.5. The maximum Gasteiger partial charge on any atom is 0.244 e. The zero-order chi connectivity index (χ0) is 16.4. The largest absolute Gasteiger partial charge is 0.490 e. The first-order valence-electron chi connectivity index (χ1n) is 7.15. The van der Waals surface area contributed by atoms with E-state index >= 15 is 0 Å². The van der Waals surface area contributed by atoms with Gasteiger partial charge in [-0.25, -0.2) is 0 Å². The number of carbonyl (C=O) groups excluding carboxylic acids is 1. The zero-order valence-electron chi connectivity index (χ0n) is 13.5. The van der Waals surface area contributed by atoms with Crippen LogP contribution in [0.5, 0.6) is 5.75 Å². The minimum absolute atomic E-state index is 0.165. The van der Waals surface area contributed by atoms with Crippen LogP contribution >= 0.6 is 0 Å². The number of anilines is 1. The molecular weight excluding hydrogens is 282 g/mol. The third-order valence-electron chi connectivity index (χ3n) is 2.86. The molecule has 3 N–H and O–H groups in total. The van der Waals surface area contributed by atoms with Crippen LogP contribution in [0.25, 0.3) is 6.08 Å². The van der Waals surface area contributed by atoms with Crippen molar-refractivity contribution in [2.24, 2.45) is 0 Å². The average Bonchev–Trinajstić information content (AvgIpc) is 2.47. The van der Waals surface area contributed by atoms with E-state index < -0.39 is 0 Å². The molecule has 1 aromatic rings. The Morgan fingerprint density at radius 2 is 2.14 bits per heavy atom. The Morgan fingerprint density at radius 3 is 2.77 bits per heavy atom. The van der Waals surface area contributed by atoms with Crippen LogP contribution in [-0.4, -0.2) is 58.3 Å². The van der Waals surface area contributed by atoms with Crippen LogP contribution in [0.15, 0.2) is 24.3 Å². The van der Waals surface area contributed by atoms with Crippen molar-refractivity contribution in [1.29, 1.82) is 0 Å². The molecule has 0 fully saturated rings. The molecule has 0 bridgehead atoms. The summed E-state index contributed by atoms with van der Waals surface area (Å²) in [6, 6.07) is 5.46. The lowest BCUT2D eigenvalue weighted by atomic mass is 10.1. The molecule has 0 aliphatic carbocycles. The predicted molar refractivity (Wildman–Crippen MR) is 88.8 cm³/mol. The van der Waals surface area contributed by atoms with Crippen molar-refractivity contribution < 1.29 is 14.3 Å². The highest BCUT2D eigenvalue weighted by Gasteiger charge is 2.02. The Balaban J connectivity index is 2.52. The number of hydrogen-bond donors (Lipinski definition) is 2. The first kappa shape index (κ1) is 18.0. The fourth-order valence-electron chi connectivity index (χ4n) is 1.65. The van der Waals surface area contributed by atoms with Gasteiger partial charge in [0, 0.05) is 26.3 Å². The van der Waals surface area contributed by atoms with Crippen molar-refractivity contribution in [2.45, 2.75) is 0 Å². The van der Waals surface area contributed by atoms with Crippen molar-refractivity contribution in [2.75, 3.05) is 53.2 Å². The van der Waals surface area contributed by atoms with Gasteiger partial charge in [0.25, 0.3) is 0 Å². The normalized spacial score (nSPS) is 11.1. The van der Waals surface area contributed by atoms with Gasteiger partial charge >= 0.3 is 0 Å². The van der Waals surface area contributed by atoms with Crippen LogP contribution in [0.4, 0.5) is 5.69 Å². The molecule has 0 aromatic heterocycles. The van der Waals surface area contributed by atoms with Gasteiger partial charge in [-0.3, -0.25) is 4.79 Å². The van der Waals surface area contributed by atoms with E-state index in [9.17, 15) is 4.79 Å². The summed E-state index contributed by atoms with van der Waals surface area (Å²) in [6.45, 7) is 2.38. The number of nitrogens with zero attached hydrogens (tertiary/aromatic N) is 1. The molecule has 22 heavy (non-hydrogen) atoms. The standard InChI is InChI=1S/C16H25N3O3/c1-19(2)9-11-22-15-6-4-13(12-14(15)17)5-7-16(20)18-8-10-21-3/h4-7,12H,8-11,17H2,1-3H3,(H,18,20)/b7-5-. The molecule has 0 unspecified atom stereocenters. The lowest BCUT2D eigenvalue weighted by molar-refractivity contribution is -0.116. The van der Waals surface area contributed by atoms with Crippen molar-refractivity contribution in [1.82, 2.24) is 10.2 Å². The number of ether oxygens (including phenoxy) is 2. The lowest BCUT2D eigenvalue weighted by Gasteiger charge is -2.12. The number of hydrogen-bond acceptors (Lipinski definition) is 5. The summed E-state index contributed by atoms with van der Waals surface area (Å²) in [6.07, 6.45) is 3.18. The molecule has 1 aromatic carbocycles. The number of benzene rings is 1. The fourth-order valence-corrected chi connectivity index (χ4v) is 1.65. The summed E-state index contributed by atoms with van der Waals surface area (Å²) in [5, 5.41) is 2.71. The van der Waals surface area contributed by atoms with E-state index in [-0.39, 0.29) is 5.91 Å². The smallest absolute Gasteiger partial charge is 0.244 e. The van der Waals surface area contributed by atoms with Crippen molar-refractivity contribution in [3.63, 3.8) is 0 Å². The molecule has 122 valence electrons. The van der Waals surface area contributed by atoms with Gasteiger partial charge in [-0.15, -0.1) is 0 Å². The summed E-state index contributed by atoms with van der Waals surface area (Å²) >= 11 is 0. The highest BCUT2D eigenvalue weighted by atomic mass is 16.5. The first-order valence-corrected chi connectivity index (χ1v) is 7.15. The molecule has 0 radical (unpaired) electrons. The number of nitrogen functional groups attached to an aromatic ring is 1. The van der Waals surface area contributed by atoms with Gasteiger partial charge in [0.1, 0.15) is 12.4 Å². The van der Waals surface area contributed by atoms with Gasteiger partial charge < -0.3 is 25.4 Å². The Hall–Kier alpha value is -2.05. The average molecular weight is 307 g/mol. The summed E-state index contributed by atoms with van der Waals surface area (Å²) in [5.41, 5.74) is 7.36. The number of nitrogens with two attached hydrogens (primary N) is 1. The molecule has 0 heterocycles. The molecular formula is C16H25N3O3. The second kappa shape index (κ2) is 9.81. The van der Waals surface area contributed by atoms with E-state index in [0.717, 1.165) is 12.1 Å². The number of amides is 1. The maximum atomic E-state index is 11.5. The second-order valence-electron chi connectivity index (χ2n) is 5.07. The Kier molecular flexibility index (Phi) is 8.03. The van der Waals surface area contributed by atoms with Gasteiger partial charge in [0.15, 0.2) is 0 Å². The van der Waals surface area contributed by atoms with Gasteiger partial charge in [-0.05, 0) is 37.9 Å². The molecule has 0 atom stereocenters. The minimum Gasteiger partial charge on any atom is -0.490 e. The molecule has 1 rings (SSSR count). The molecule has 0 aliphatic heterocycles. The zero-order valence-corrected chi connectivity index (χ0v) is 13.5. The molecule has 0 spiro atoms. The highest BCUT2D eigenvalue weighted by molar-refractivity contribution is 5.91. The third-order valence-corrected chi connectivity index (χ3v) is 2.86. The maximum absolute atomic E-state index is 11.5. The Labute approximate surface area is 131 Å². The van der Waals surface area contributed by atoms with Gasteiger partial charge in [-0.1, -0.05) is 6.07 Å². The molecule has 6 nitrogen and oxygen atoms in total. The SMILES string of the molecule is COCCNC(=O)/C=C\c1ccc(OCCN(C)C)c(N)c1. The number of likely N-dealkylation sites (N-methyl/N-ethyl adjacent to an activating group) is 1. The van der Waals surface area contributed by atoms with Crippen LogP contribution in [-0.2, 0) is 9.53 Å². The molecule has 1 amide bonds. The second-order valence-corrected chi connectivity index (χ2v) is 5.07. The quantitative estimate of drug-likeness (QED) is 0.404. The van der Waals surface area contributed by atoms with Crippen LogP contribution in [0, 0.1) is 0 Å². The summed E-state index contributed by atoms with van der Waals surface area (Å²) in [7, 11) is 5.56. The van der Waals surface area contributed by atoms with Gasteiger partial charge in [-0.2, -0.15) is 0 Å². The molecule has 0 saturated carbocycles. The fraction of sp³-hybridized carbons (Fsp3) is 0.438. The van der Waals surface area contributed by atoms with E-state index in [1.807, 2.05) is 31.1 Å². The summed E-state index contributed by atoms with van der Waals surface area (Å²) in [4.78, 5) is 13.6.